The average molecular weight is 534 g/mol. The second-order valence-corrected chi connectivity index (χ2v) is 13.5. The number of carbonyl (C=O) groups is 1. The number of carbonyl (C=O) groups excluding carboxylic acids is 1. The van der Waals surface area contributed by atoms with Gasteiger partial charge in [-0.1, -0.05) is 110 Å². The third-order valence-corrected chi connectivity index (χ3v) is 9.44. The largest absolute Gasteiger partial charge is 0.462 e. The third-order valence-electron chi connectivity index (χ3n) is 9.44. The molecule has 0 radical (unpaired) electrons. The molecule has 0 aromatic heterocycles. The van der Waals surface area contributed by atoms with E-state index in [1.54, 1.807) is 19.3 Å². The second kappa shape index (κ2) is 21.2. The fourth-order valence-corrected chi connectivity index (χ4v) is 6.64. The predicted octanol–water partition coefficient (Wildman–Crippen LogP) is 10.4. The van der Waals surface area contributed by atoms with E-state index in [0.29, 0.717) is 6.42 Å². The molecule has 3 heteroatoms. The van der Waals surface area contributed by atoms with Crippen LogP contribution in [0, 0.1) is 23.7 Å². The zero-order valence-electron chi connectivity index (χ0n) is 26.3. The first-order chi connectivity index (χ1) is 18.5. The van der Waals surface area contributed by atoms with Gasteiger partial charge in [-0.25, -0.2) is 0 Å². The Balaban J connectivity index is 1.46. The molecular weight excluding hydrogens is 466 g/mol. The predicted molar refractivity (Wildman–Crippen MR) is 165 cm³/mol. The Bertz CT molecular complexity index is 576. The number of nitrogens with zero attached hydrogens (tertiary/aromatic N) is 1. The summed E-state index contributed by atoms with van der Waals surface area (Å²) < 4.78 is 5.95. The first-order valence-electron chi connectivity index (χ1n) is 17.4. The minimum atomic E-state index is 0.0231. The van der Waals surface area contributed by atoms with E-state index in [1.165, 1.54) is 109 Å². The van der Waals surface area contributed by atoms with E-state index < -0.39 is 0 Å². The van der Waals surface area contributed by atoms with Crippen molar-refractivity contribution in [2.75, 3.05) is 20.6 Å². The lowest BCUT2D eigenvalue weighted by molar-refractivity contribution is -0.150. The zero-order valence-corrected chi connectivity index (χ0v) is 26.3. The van der Waals surface area contributed by atoms with Gasteiger partial charge in [0.15, 0.2) is 0 Å². The second-order valence-electron chi connectivity index (χ2n) is 13.5. The van der Waals surface area contributed by atoms with Crippen LogP contribution in [-0.4, -0.2) is 37.6 Å². The Kier molecular flexibility index (Phi) is 18.8. The van der Waals surface area contributed by atoms with Gasteiger partial charge < -0.3 is 9.64 Å². The van der Waals surface area contributed by atoms with Crippen molar-refractivity contribution in [3.05, 3.63) is 0 Å². The molecule has 224 valence electrons. The minimum Gasteiger partial charge on any atom is -0.462 e. The van der Waals surface area contributed by atoms with Crippen LogP contribution in [0.3, 0.4) is 0 Å². The molecule has 0 aromatic rings. The van der Waals surface area contributed by atoms with E-state index in [9.17, 15) is 4.79 Å². The van der Waals surface area contributed by atoms with Crippen molar-refractivity contribution in [3.63, 3.8) is 0 Å². The highest BCUT2D eigenvalue weighted by Crippen LogP contribution is 2.54. The lowest BCUT2D eigenvalue weighted by atomic mass is 10.0. The van der Waals surface area contributed by atoms with Crippen molar-refractivity contribution in [2.24, 2.45) is 23.7 Å². The summed E-state index contributed by atoms with van der Waals surface area (Å²) in [5, 5.41) is 0. The van der Waals surface area contributed by atoms with Crippen LogP contribution in [0.5, 0.6) is 0 Å². The van der Waals surface area contributed by atoms with Crippen LogP contribution >= 0.6 is 0 Å². The fourth-order valence-electron chi connectivity index (χ4n) is 6.64. The summed E-state index contributed by atoms with van der Waals surface area (Å²) >= 11 is 0. The number of rotatable bonds is 27. The van der Waals surface area contributed by atoms with Crippen molar-refractivity contribution in [1.82, 2.24) is 4.90 Å². The molecule has 3 nitrogen and oxygen atoms in total. The van der Waals surface area contributed by atoms with E-state index in [-0.39, 0.29) is 12.1 Å². The van der Waals surface area contributed by atoms with Gasteiger partial charge in [0.25, 0.3) is 0 Å². The molecule has 0 N–H and O–H groups in total. The maximum absolute atomic E-state index is 12.4. The van der Waals surface area contributed by atoms with E-state index in [0.717, 1.165) is 49.5 Å². The molecule has 0 saturated heterocycles. The third kappa shape index (κ3) is 17.2. The van der Waals surface area contributed by atoms with Gasteiger partial charge in [0.1, 0.15) is 6.10 Å². The fraction of sp³-hybridized carbons (Fsp3) is 0.971. The van der Waals surface area contributed by atoms with Crippen molar-refractivity contribution < 1.29 is 9.53 Å². The van der Waals surface area contributed by atoms with Crippen molar-refractivity contribution in [3.8, 4) is 0 Å². The Hall–Kier alpha value is -0.570. The van der Waals surface area contributed by atoms with Gasteiger partial charge in [0.05, 0.1) is 0 Å². The van der Waals surface area contributed by atoms with Gasteiger partial charge >= 0.3 is 5.97 Å². The molecule has 0 spiro atoms. The van der Waals surface area contributed by atoms with Gasteiger partial charge in [-0.3, -0.25) is 4.79 Å². The topological polar surface area (TPSA) is 29.5 Å². The lowest BCUT2D eigenvalue weighted by Crippen LogP contribution is -2.20. The summed E-state index contributed by atoms with van der Waals surface area (Å²) in [6.07, 6.45) is 31.7. The van der Waals surface area contributed by atoms with Crippen LogP contribution in [-0.2, 0) is 9.53 Å². The van der Waals surface area contributed by atoms with Crippen molar-refractivity contribution >= 4 is 5.97 Å². The Morgan fingerprint density at radius 1 is 0.658 bits per heavy atom. The first kappa shape index (κ1) is 33.6. The van der Waals surface area contributed by atoms with Crippen LogP contribution < -0.4 is 0 Å². The molecule has 38 heavy (non-hydrogen) atoms. The smallest absolute Gasteiger partial charge is 0.306 e. The molecule has 0 amide bonds. The van der Waals surface area contributed by atoms with Gasteiger partial charge in [-0.2, -0.15) is 0 Å². The molecule has 0 bridgehead atoms. The Morgan fingerprint density at radius 2 is 1.13 bits per heavy atom. The van der Waals surface area contributed by atoms with Gasteiger partial charge in [0.2, 0.25) is 0 Å². The van der Waals surface area contributed by atoms with Crippen molar-refractivity contribution in [2.45, 2.75) is 174 Å². The van der Waals surface area contributed by atoms with Crippen LogP contribution in [0.1, 0.15) is 168 Å². The van der Waals surface area contributed by atoms with Gasteiger partial charge in [0, 0.05) is 6.42 Å². The van der Waals surface area contributed by atoms with Crippen LogP contribution in [0.25, 0.3) is 0 Å². The molecule has 0 aliphatic heterocycles. The van der Waals surface area contributed by atoms with Gasteiger partial charge in [-0.05, 0) is 95.7 Å². The van der Waals surface area contributed by atoms with E-state index >= 15 is 0 Å². The number of hydrogen-bond acceptors (Lipinski definition) is 3. The van der Waals surface area contributed by atoms with E-state index in [1.807, 2.05) is 0 Å². The highest BCUT2D eigenvalue weighted by molar-refractivity contribution is 5.69. The number of esters is 1. The molecule has 0 aromatic carbocycles. The molecule has 2 aliphatic carbocycles. The summed E-state index contributed by atoms with van der Waals surface area (Å²) in [6, 6.07) is 0. The molecule has 2 rings (SSSR count). The summed E-state index contributed by atoms with van der Waals surface area (Å²) in [4.78, 5) is 14.5. The number of ether oxygens (including phenoxy) is 1. The number of unbranched alkanes of at least 4 members (excludes halogenated alkanes) is 12. The standard InChI is InChI=1S/C35H67NO2/c1-5-7-9-10-14-18-23-34(38-35(37)25-20-26-36(3)4)24-19-15-12-11-13-17-22-31-28-33(31)29-32-27-30(32)21-16-8-6-2/h30-34H,5-29H2,1-4H3. The maximum Gasteiger partial charge on any atom is 0.306 e. The highest BCUT2D eigenvalue weighted by Gasteiger charge is 2.44. The molecular formula is C35H67NO2. The van der Waals surface area contributed by atoms with Crippen LogP contribution in [0.2, 0.25) is 0 Å². The molecule has 0 heterocycles. The molecule has 5 atom stereocenters. The summed E-state index contributed by atoms with van der Waals surface area (Å²) in [5.74, 6) is 4.44. The van der Waals surface area contributed by atoms with Crippen molar-refractivity contribution in [1.29, 1.82) is 0 Å². The average Bonchev–Trinajstić information content (AvgIpc) is 3.81. The Morgan fingerprint density at radius 3 is 1.68 bits per heavy atom. The van der Waals surface area contributed by atoms with E-state index in [2.05, 4.69) is 32.8 Å². The van der Waals surface area contributed by atoms with Gasteiger partial charge in [-0.15, -0.1) is 0 Å². The first-order valence-corrected chi connectivity index (χ1v) is 17.4. The monoisotopic (exact) mass is 534 g/mol. The minimum absolute atomic E-state index is 0.0231. The summed E-state index contributed by atoms with van der Waals surface area (Å²) in [7, 11) is 4.13. The summed E-state index contributed by atoms with van der Waals surface area (Å²) in [6.45, 7) is 5.55. The van der Waals surface area contributed by atoms with Crippen LogP contribution in [0.4, 0.5) is 0 Å². The maximum atomic E-state index is 12.4. The van der Waals surface area contributed by atoms with Crippen LogP contribution in [0.15, 0.2) is 0 Å². The quantitative estimate of drug-likeness (QED) is 0.0776. The lowest BCUT2D eigenvalue weighted by Gasteiger charge is -2.18. The molecule has 2 fully saturated rings. The molecule has 2 saturated carbocycles. The normalized spacial score (nSPS) is 23.1. The highest BCUT2D eigenvalue weighted by atomic mass is 16.5. The molecule has 5 unspecified atom stereocenters. The SMILES string of the molecule is CCCCCCCCC(CCCCCCCCC1CC1CC1CC1CCCCC)OC(=O)CCCN(C)C. The van der Waals surface area contributed by atoms with E-state index in [4.69, 9.17) is 4.74 Å². The number of hydrogen-bond donors (Lipinski definition) is 0. The summed E-state index contributed by atoms with van der Waals surface area (Å²) in [5.41, 5.74) is 0. The zero-order chi connectivity index (χ0) is 27.4. The Labute approximate surface area is 238 Å². The molecule has 2 aliphatic rings.